The summed E-state index contributed by atoms with van der Waals surface area (Å²) in [7, 11) is 0. The molecule has 0 saturated carbocycles. The molecule has 0 radical (unpaired) electrons. The summed E-state index contributed by atoms with van der Waals surface area (Å²) in [5.41, 5.74) is 1.02. The minimum Gasteiger partial charge on any atom is -0.478 e. The second kappa shape index (κ2) is 11.1. The number of carbonyl (C=O) groups excluding carboxylic acids is 2. The van der Waals surface area contributed by atoms with E-state index in [4.69, 9.17) is 5.11 Å². The number of aromatic nitrogens is 3. The maximum absolute atomic E-state index is 12.5. The standard InChI is InChI=1S/C23H23N5O4S/c1-3-12-28-20(15(2)24-21(30)16-8-5-4-6-9-16)26-27-23(28)33-14-19(29)25-18-11-7-10-17(13-18)22(31)32/h3-11,13,15H,1,12,14H2,2H3,(H,24,30)(H,25,29)(H,31,32)/t15-/m0/s1. The maximum atomic E-state index is 12.5. The summed E-state index contributed by atoms with van der Waals surface area (Å²) >= 11 is 1.18. The van der Waals surface area contributed by atoms with Crippen LogP contribution in [0.2, 0.25) is 0 Å². The molecule has 2 aromatic carbocycles. The van der Waals surface area contributed by atoms with Gasteiger partial charge in [-0.1, -0.05) is 42.1 Å². The van der Waals surface area contributed by atoms with Crippen molar-refractivity contribution < 1.29 is 19.5 Å². The highest BCUT2D eigenvalue weighted by atomic mass is 32.2. The number of nitrogens with zero attached hydrogens (tertiary/aromatic N) is 3. The van der Waals surface area contributed by atoms with E-state index in [2.05, 4.69) is 27.4 Å². The maximum Gasteiger partial charge on any atom is 0.335 e. The molecule has 0 bridgehead atoms. The van der Waals surface area contributed by atoms with Crippen LogP contribution in [0.4, 0.5) is 5.69 Å². The zero-order chi connectivity index (χ0) is 23.8. The molecule has 0 aliphatic rings. The fourth-order valence-corrected chi connectivity index (χ4v) is 3.77. The highest BCUT2D eigenvalue weighted by Crippen LogP contribution is 2.21. The van der Waals surface area contributed by atoms with Crippen LogP contribution in [0.5, 0.6) is 0 Å². The molecule has 2 amide bonds. The Labute approximate surface area is 194 Å². The largest absolute Gasteiger partial charge is 0.478 e. The van der Waals surface area contributed by atoms with E-state index in [0.29, 0.717) is 28.8 Å². The van der Waals surface area contributed by atoms with Crippen LogP contribution in [-0.2, 0) is 11.3 Å². The molecule has 9 nitrogen and oxygen atoms in total. The van der Waals surface area contributed by atoms with Crippen molar-refractivity contribution in [1.29, 1.82) is 0 Å². The van der Waals surface area contributed by atoms with E-state index in [9.17, 15) is 14.4 Å². The fraction of sp³-hybridized carbons (Fsp3) is 0.174. The van der Waals surface area contributed by atoms with Gasteiger partial charge in [0.15, 0.2) is 11.0 Å². The van der Waals surface area contributed by atoms with E-state index in [-0.39, 0.29) is 23.1 Å². The highest BCUT2D eigenvalue weighted by Gasteiger charge is 2.20. The van der Waals surface area contributed by atoms with Crippen molar-refractivity contribution in [3.63, 3.8) is 0 Å². The lowest BCUT2D eigenvalue weighted by atomic mass is 10.2. The van der Waals surface area contributed by atoms with Gasteiger partial charge < -0.3 is 20.3 Å². The first-order valence-corrected chi connectivity index (χ1v) is 11.0. The van der Waals surface area contributed by atoms with Gasteiger partial charge in [-0.2, -0.15) is 0 Å². The summed E-state index contributed by atoms with van der Waals surface area (Å²) in [6.07, 6.45) is 1.68. The third kappa shape index (κ3) is 6.30. The Hall–Kier alpha value is -3.92. The molecule has 0 unspecified atom stereocenters. The van der Waals surface area contributed by atoms with Gasteiger partial charge in [0, 0.05) is 17.8 Å². The van der Waals surface area contributed by atoms with E-state index in [0.717, 1.165) is 0 Å². The monoisotopic (exact) mass is 465 g/mol. The van der Waals surface area contributed by atoms with Crippen LogP contribution in [0.1, 0.15) is 39.5 Å². The molecule has 10 heteroatoms. The Kier molecular flexibility index (Phi) is 7.98. The molecular formula is C23H23N5O4S. The minimum absolute atomic E-state index is 0.0390. The van der Waals surface area contributed by atoms with Gasteiger partial charge in [-0.3, -0.25) is 9.59 Å². The molecule has 0 fully saturated rings. The molecule has 3 rings (SSSR count). The second-order valence-electron chi connectivity index (χ2n) is 7.02. The number of hydrogen-bond donors (Lipinski definition) is 3. The van der Waals surface area contributed by atoms with Crippen LogP contribution in [0.15, 0.2) is 72.4 Å². The number of carboxylic acids is 1. The molecule has 33 heavy (non-hydrogen) atoms. The van der Waals surface area contributed by atoms with Crippen molar-refractivity contribution in [2.45, 2.75) is 24.7 Å². The average Bonchev–Trinajstić information content (AvgIpc) is 3.21. The molecule has 1 aromatic heterocycles. The van der Waals surface area contributed by atoms with E-state index < -0.39 is 12.0 Å². The van der Waals surface area contributed by atoms with E-state index >= 15 is 0 Å². The number of benzene rings is 2. The molecule has 0 aliphatic heterocycles. The van der Waals surface area contributed by atoms with Crippen LogP contribution in [0.25, 0.3) is 0 Å². The van der Waals surface area contributed by atoms with Gasteiger partial charge in [0.1, 0.15) is 0 Å². The number of rotatable bonds is 10. The molecule has 170 valence electrons. The number of nitrogens with one attached hydrogen (secondary N) is 2. The van der Waals surface area contributed by atoms with Gasteiger partial charge >= 0.3 is 5.97 Å². The van der Waals surface area contributed by atoms with Crippen LogP contribution in [0.3, 0.4) is 0 Å². The fourth-order valence-electron chi connectivity index (χ4n) is 3.02. The van der Waals surface area contributed by atoms with Crippen LogP contribution in [0, 0.1) is 0 Å². The Morgan fingerprint density at radius 2 is 1.85 bits per heavy atom. The number of carboxylic acid groups (broad SMARTS) is 1. The van der Waals surface area contributed by atoms with Crippen molar-refractivity contribution >= 4 is 35.2 Å². The Bertz CT molecular complexity index is 1160. The zero-order valence-corrected chi connectivity index (χ0v) is 18.7. The molecule has 0 saturated heterocycles. The zero-order valence-electron chi connectivity index (χ0n) is 17.9. The lowest BCUT2D eigenvalue weighted by Gasteiger charge is -2.15. The average molecular weight is 466 g/mol. The predicted octanol–water partition coefficient (Wildman–Crippen LogP) is 3.38. The van der Waals surface area contributed by atoms with Crippen molar-refractivity contribution in [3.8, 4) is 0 Å². The van der Waals surface area contributed by atoms with E-state index in [1.807, 2.05) is 6.07 Å². The van der Waals surface area contributed by atoms with Gasteiger partial charge in [0.05, 0.1) is 17.4 Å². The highest BCUT2D eigenvalue weighted by molar-refractivity contribution is 7.99. The van der Waals surface area contributed by atoms with Gasteiger partial charge in [0.25, 0.3) is 5.91 Å². The molecule has 3 N–H and O–H groups in total. The van der Waals surface area contributed by atoms with Crippen LogP contribution < -0.4 is 10.6 Å². The summed E-state index contributed by atoms with van der Waals surface area (Å²) < 4.78 is 1.78. The molecule has 1 atom stereocenters. The molecule has 0 aliphatic carbocycles. The lowest BCUT2D eigenvalue weighted by molar-refractivity contribution is -0.113. The number of carbonyl (C=O) groups is 3. The lowest BCUT2D eigenvalue weighted by Crippen LogP contribution is -2.28. The first-order valence-electron chi connectivity index (χ1n) is 10.0. The molecule has 1 heterocycles. The SMILES string of the molecule is C=CCn1c(SCC(=O)Nc2cccc(C(=O)O)c2)nnc1[C@H](C)NC(=O)c1ccccc1. The number of hydrogen-bond acceptors (Lipinski definition) is 6. The summed E-state index contributed by atoms with van der Waals surface area (Å²) in [5, 5.41) is 23.5. The predicted molar refractivity (Wildman–Crippen MR) is 125 cm³/mol. The van der Waals surface area contributed by atoms with Crippen molar-refractivity contribution in [3.05, 3.63) is 84.2 Å². The van der Waals surface area contributed by atoms with Crippen LogP contribution in [-0.4, -0.2) is 43.4 Å². The molecule has 3 aromatic rings. The number of allylic oxidation sites excluding steroid dienone is 1. The van der Waals surface area contributed by atoms with E-state index in [1.54, 1.807) is 54.0 Å². The Morgan fingerprint density at radius 1 is 1.12 bits per heavy atom. The summed E-state index contributed by atoms with van der Waals surface area (Å²) in [4.78, 5) is 35.9. The van der Waals surface area contributed by atoms with Crippen molar-refractivity contribution in [2.75, 3.05) is 11.1 Å². The van der Waals surface area contributed by atoms with Crippen molar-refractivity contribution in [1.82, 2.24) is 20.1 Å². The summed E-state index contributed by atoms with van der Waals surface area (Å²) in [5.74, 6) is -1.04. The van der Waals surface area contributed by atoms with Gasteiger partial charge in [-0.05, 0) is 37.3 Å². The topological polar surface area (TPSA) is 126 Å². The second-order valence-corrected chi connectivity index (χ2v) is 7.97. The first kappa shape index (κ1) is 23.7. The quantitative estimate of drug-likeness (QED) is 0.309. The normalized spacial score (nSPS) is 11.4. The van der Waals surface area contributed by atoms with Gasteiger partial charge in [-0.15, -0.1) is 16.8 Å². The third-order valence-corrected chi connectivity index (χ3v) is 5.52. The first-order chi connectivity index (χ1) is 15.9. The number of thioether (sulfide) groups is 1. The Balaban J connectivity index is 1.65. The van der Waals surface area contributed by atoms with Gasteiger partial charge in [0.2, 0.25) is 5.91 Å². The minimum atomic E-state index is -1.07. The molecule has 0 spiro atoms. The van der Waals surface area contributed by atoms with E-state index in [1.165, 1.54) is 23.9 Å². The van der Waals surface area contributed by atoms with Gasteiger partial charge in [-0.25, -0.2) is 4.79 Å². The number of anilines is 1. The van der Waals surface area contributed by atoms with Crippen LogP contribution >= 0.6 is 11.8 Å². The molecular weight excluding hydrogens is 442 g/mol. The third-order valence-electron chi connectivity index (χ3n) is 4.55. The summed E-state index contributed by atoms with van der Waals surface area (Å²) in [6, 6.07) is 14.5. The number of amides is 2. The van der Waals surface area contributed by atoms with Crippen molar-refractivity contribution in [2.24, 2.45) is 0 Å². The summed E-state index contributed by atoms with van der Waals surface area (Å²) in [6.45, 7) is 5.97. The number of aromatic carboxylic acids is 1. The smallest absolute Gasteiger partial charge is 0.335 e. The Morgan fingerprint density at radius 3 is 2.55 bits per heavy atom.